The van der Waals surface area contributed by atoms with E-state index in [1.807, 2.05) is 34.7 Å². The van der Waals surface area contributed by atoms with Crippen LogP contribution in [0.5, 0.6) is 0 Å². The second-order valence-corrected chi connectivity index (χ2v) is 6.90. The molecule has 1 aliphatic rings. The van der Waals surface area contributed by atoms with Gasteiger partial charge < -0.3 is 0 Å². The first-order valence-electron chi connectivity index (χ1n) is 5.90. The molecule has 0 aromatic heterocycles. The van der Waals surface area contributed by atoms with Crippen molar-refractivity contribution in [2.75, 3.05) is 6.54 Å². The molecule has 0 N–H and O–H groups in total. The standard InChI is InChI=1S/C14H18INO/c1-14(2,3)9-16-7-10-5-4-6-11(13(15)17)12(10)8-16/h4-6H,7-9H2,1-3H3. The predicted molar refractivity (Wildman–Crippen MR) is 78.4 cm³/mol. The Morgan fingerprint density at radius 2 is 2.06 bits per heavy atom. The van der Waals surface area contributed by atoms with E-state index in [0.717, 1.165) is 25.2 Å². The maximum atomic E-state index is 11.6. The Morgan fingerprint density at radius 3 is 2.65 bits per heavy atom. The highest BCUT2D eigenvalue weighted by Gasteiger charge is 2.26. The van der Waals surface area contributed by atoms with Crippen LogP contribution in [0.4, 0.5) is 0 Å². The lowest BCUT2D eigenvalue weighted by Gasteiger charge is -2.25. The summed E-state index contributed by atoms with van der Waals surface area (Å²) >= 11 is 1.88. The Labute approximate surface area is 117 Å². The van der Waals surface area contributed by atoms with Gasteiger partial charge in [0.05, 0.1) is 0 Å². The molecule has 1 aromatic carbocycles. The summed E-state index contributed by atoms with van der Waals surface area (Å²) in [6.45, 7) is 9.71. The Balaban J connectivity index is 2.22. The molecule has 2 rings (SSSR count). The first-order chi connectivity index (χ1) is 7.87. The van der Waals surface area contributed by atoms with E-state index in [4.69, 9.17) is 0 Å². The molecule has 3 heteroatoms. The zero-order chi connectivity index (χ0) is 12.6. The fraction of sp³-hybridized carbons (Fsp3) is 0.500. The lowest BCUT2D eigenvalue weighted by atomic mass is 9.96. The molecule has 17 heavy (non-hydrogen) atoms. The average molecular weight is 343 g/mol. The Morgan fingerprint density at radius 1 is 1.35 bits per heavy atom. The number of hydrogen-bond donors (Lipinski definition) is 0. The van der Waals surface area contributed by atoms with Gasteiger partial charge in [-0.25, -0.2) is 0 Å². The SMILES string of the molecule is CC(C)(C)CN1Cc2cccc(C(=O)I)c2C1. The molecule has 0 radical (unpaired) electrons. The van der Waals surface area contributed by atoms with Gasteiger partial charge in [-0.2, -0.15) is 0 Å². The van der Waals surface area contributed by atoms with Crippen molar-refractivity contribution >= 4 is 26.4 Å². The molecule has 92 valence electrons. The van der Waals surface area contributed by atoms with Crippen molar-refractivity contribution in [1.29, 1.82) is 0 Å². The molecule has 0 fully saturated rings. The molecular weight excluding hydrogens is 325 g/mol. The van der Waals surface area contributed by atoms with Crippen LogP contribution in [-0.2, 0) is 13.1 Å². The second-order valence-electron chi connectivity index (χ2n) is 5.92. The van der Waals surface area contributed by atoms with Crippen LogP contribution in [-0.4, -0.2) is 15.2 Å². The summed E-state index contributed by atoms with van der Waals surface area (Å²) in [4.78, 5) is 14.0. The maximum absolute atomic E-state index is 11.6. The molecule has 0 atom stereocenters. The molecule has 0 bridgehead atoms. The van der Waals surface area contributed by atoms with Crippen LogP contribution in [0.1, 0.15) is 42.3 Å². The van der Waals surface area contributed by atoms with Crippen molar-refractivity contribution in [3.05, 3.63) is 34.9 Å². The highest BCUT2D eigenvalue weighted by atomic mass is 127. The molecule has 1 aromatic rings. The van der Waals surface area contributed by atoms with Crippen molar-refractivity contribution < 1.29 is 4.79 Å². The molecule has 0 saturated carbocycles. The Hall–Kier alpha value is -0.420. The monoisotopic (exact) mass is 343 g/mol. The summed E-state index contributed by atoms with van der Waals surface area (Å²) < 4.78 is 0.150. The minimum absolute atomic E-state index is 0.150. The zero-order valence-electron chi connectivity index (χ0n) is 10.6. The summed E-state index contributed by atoms with van der Waals surface area (Å²) in [5.74, 6) is 0. The molecule has 0 saturated heterocycles. The Bertz CT molecular complexity index is 448. The van der Waals surface area contributed by atoms with Crippen LogP contribution in [0.15, 0.2) is 18.2 Å². The largest absolute Gasteiger partial charge is 0.294 e. The lowest BCUT2D eigenvalue weighted by Crippen LogP contribution is -2.28. The highest BCUT2D eigenvalue weighted by Crippen LogP contribution is 2.29. The highest BCUT2D eigenvalue weighted by molar-refractivity contribution is 14.1. The van der Waals surface area contributed by atoms with Crippen LogP contribution in [0, 0.1) is 5.41 Å². The number of nitrogens with zero attached hydrogens (tertiary/aromatic N) is 1. The van der Waals surface area contributed by atoms with E-state index in [-0.39, 0.29) is 3.79 Å². The van der Waals surface area contributed by atoms with Gasteiger partial charge in [0.2, 0.25) is 3.79 Å². The van der Waals surface area contributed by atoms with Gasteiger partial charge in [-0.15, -0.1) is 0 Å². The van der Waals surface area contributed by atoms with E-state index < -0.39 is 0 Å². The third-order valence-corrected chi connectivity index (χ3v) is 3.54. The van der Waals surface area contributed by atoms with E-state index in [0.29, 0.717) is 5.41 Å². The van der Waals surface area contributed by atoms with E-state index >= 15 is 0 Å². The summed E-state index contributed by atoms with van der Waals surface area (Å²) in [7, 11) is 0. The third-order valence-electron chi connectivity index (χ3n) is 2.96. The van der Waals surface area contributed by atoms with Crippen molar-refractivity contribution in [2.45, 2.75) is 33.9 Å². The Kier molecular flexibility index (Phi) is 3.59. The van der Waals surface area contributed by atoms with Gasteiger partial charge in [0.1, 0.15) is 0 Å². The molecule has 1 aliphatic heterocycles. The third kappa shape index (κ3) is 3.07. The van der Waals surface area contributed by atoms with Gasteiger partial charge in [-0.1, -0.05) is 39.0 Å². The molecule has 2 nitrogen and oxygen atoms in total. The molecular formula is C14H18INO. The van der Waals surface area contributed by atoms with Crippen LogP contribution >= 0.6 is 22.6 Å². The van der Waals surface area contributed by atoms with E-state index in [1.54, 1.807) is 0 Å². The van der Waals surface area contributed by atoms with Crippen LogP contribution < -0.4 is 0 Å². The van der Waals surface area contributed by atoms with Crippen molar-refractivity contribution in [3.63, 3.8) is 0 Å². The smallest absolute Gasteiger partial charge is 0.222 e. The van der Waals surface area contributed by atoms with Gasteiger partial charge >= 0.3 is 0 Å². The van der Waals surface area contributed by atoms with Crippen LogP contribution in [0.25, 0.3) is 0 Å². The topological polar surface area (TPSA) is 20.3 Å². The van der Waals surface area contributed by atoms with Gasteiger partial charge in [0.15, 0.2) is 0 Å². The molecule has 0 unspecified atom stereocenters. The van der Waals surface area contributed by atoms with Gasteiger partial charge in [-0.05, 0) is 16.5 Å². The minimum atomic E-state index is 0.150. The van der Waals surface area contributed by atoms with Crippen molar-refractivity contribution in [2.24, 2.45) is 5.41 Å². The fourth-order valence-electron chi connectivity index (χ4n) is 2.46. The maximum Gasteiger partial charge on any atom is 0.222 e. The minimum Gasteiger partial charge on any atom is -0.294 e. The number of rotatable bonds is 2. The molecule has 0 aliphatic carbocycles. The van der Waals surface area contributed by atoms with Gasteiger partial charge in [-0.3, -0.25) is 9.69 Å². The van der Waals surface area contributed by atoms with E-state index in [1.165, 1.54) is 11.1 Å². The number of hydrogen-bond acceptors (Lipinski definition) is 2. The van der Waals surface area contributed by atoms with E-state index in [2.05, 4.69) is 31.7 Å². The number of fused-ring (bicyclic) bond motifs is 1. The summed E-state index contributed by atoms with van der Waals surface area (Å²) in [6.07, 6.45) is 0. The second kappa shape index (κ2) is 4.69. The molecule has 0 spiro atoms. The van der Waals surface area contributed by atoms with Crippen molar-refractivity contribution in [3.8, 4) is 0 Å². The lowest BCUT2D eigenvalue weighted by molar-refractivity contribution is 0.110. The number of carbonyl (C=O) groups excluding carboxylic acids is 1. The summed E-state index contributed by atoms with van der Waals surface area (Å²) in [5, 5.41) is 0. The van der Waals surface area contributed by atoms with Gasteiger partial charge in [0, 0.05) is 47.8 Å². The number of benzene rings is 1. The summed E-state index contributed by atoms with van der Waals surface area (Å²) in [6, 6.07) is 6.07. The average Bonchev–Trinajstić information content (AvgIpc) is 2.55. The van der Waals surface area contributed by atoms with Gasteiger partial charge in [0.25, 0.3) is 0 Å². The molecule has 1 heterocycles. The first-order valence-corrected chi connectivity index (χ1v) is 6.98. The normalized spacial score (nSPS) is 16.0. The fourth-order valence-corrected chi connectivity index (χ4v) is 2.96. The number of carbonyl (C=O) groups is 1. The predicted octanol–water partition coefficient (Wildman–Crippen LogP) is 3.62. The zero-order valence-corrected chi connectivity index (χ0v) is 12.7. The van der Waals surface area contributed by atoms with Crippen molar-refractivity contribution in [1.82, 2.24) is 4.90 Å². The quantitative estimate of drug-likeness (QED) is 0.604. The first kappa shape index (κ1) is 13.0. The molecule has 0 amide bonds. The van der Waals surface area contributed by atoms with Crippen LogP contribution in [0.3, 0.4) is 0 Å². The summed E-state index contributed by atoms with van der Waals surface area (Å²) in [5.41, 5.74) is 3.74. The van der Waals surface area contributed by atoms with E-state index in [9.17, 15) is 4.79 Å². The number of halogens is 1. The van der Waals surface area contributed by atoms with Crippen LogP contribution in [0.2, 0.25) is 0 Å².